The van der Waals surface area contributed by atoms with E-state index in [0.29, 0.717) is 0 Å². The smallest absolute Gasteiger partial charge is 0.399 e. The molecule has 2 atom stereocenters. The number of nitrogens with one attached hydrogen (secondary N) is 1. The molecule has 0 bridgehead atoms. The summed E-state index contributed by atoms with van der Waals surface area (Å²) in [6.07, 6.45) is 0.964. The monoisotopic (exact) mass is 415 g/mol. The number of likely N-dealkylation sites (tertiary alicyclic amines) is 1. The normalized spacial score (nSPS) is 25.3. The first-order valence-electron chi connectivity index (χ1n) is 10.8. The van der Waals surface area contributed by atoms with E-state index in [1.165, 1.54) is 0 Å². The molecule has 0 aliphatic carbocycles. The van der Waals surface area contributed by atoms with Crippen LogP contribution in [0.15, 0.2) is 18.2 Å². The molecule has 7 nitrogen and oxygen atoms in total. The number of H-pyrrole nitrogens is 1. The molecular formula is C22H34BN3O4. The molecule has 2 fully saturated rings. The highest BCUT2D eigenvalue weighted by molar-refractivity contribution is 6.62. The Morgan fingerprint density at radius 3 is 2.53 bits per heavy atom. The maximum absolute atomic E-state index is 10.6. The fourth-order valence-electron chi connectivity index (χ4n) is 4.06. The second kappa shape index (κ2) is 7.31. The third-order valence-electron chi connectivity index (χ3n) is 6.40. The van der Waals surface area contributed by atoms with Crippen molar-refractivity contribution < 1.29 is 19.2 Å². The van der Waals surface area contributed by atoms with Crippen LogP contribution in [0.1, 0.15) is 73.2 Å². The number of fused-ring (bicyclic) bond motifs is 1. The Hall–Kier alpha value is -1.45. The van der Waals surface area contributed by atoms with Crippen molar-refractivity contribution in [3.05, 3.63) is 24.0 Å². The van der Waals surface area contributed by atoms with Crippen LogP contribution in [0, 0.1) is 0 Å². The largest absolute Gasteiger partial charge is 0.494 e. The Morgan fingerprint density at radius 1 is 1.23 bits per heavy atom. The number of nitrogens with zero attached hydrogens (tertiary/aromatic N) is 2. The molecule has 8 heteroatoms. The van der Waals surface area contributed by atoms with Gasteiger partial charge in [0.05, 0.1) is 33.9 Å². The van der Waals surface area contributed by atoms with E-state index in [0.717, 1.165) is 41.7 Å². The molecule has 0 radical (unpaired) electrons. The van der Waals surface area contributed by atoms with Crippen molar-refractivity contribution in [3.8, 4) is 0 Å². The van der Waals surface area contributed by atoms with Gasteiger partial charge in [-0.15, -0.1) is 0 Å². The lowest BCUT2D eigenvalue weighted by molar-refractivity contribution is -0.243. The summed E-state index contributed by atoms with van der Waals surface area (Å²) in [5.41, 5.74) is 1.63. The molecule has 1 aromatic carbocycles. The van der Waals surface area contributed by atoms with Crippen LogP contribution in [0.25, 0.3) is 11.0 Å². The van der Waals surface area contributed by atoms with Crippen molar-refractivity contribution in [2.24, 2.45) is 0 Å². The van der Waals surface area contributed by atoms with Crippen LogP contribution in [0.4, 0.5) is 0 Å². The zero-order valence-corrected chi connectivity index (χ0v) is 19.2. The number of aromatic nitrogens is 2. The maximum atomic E-state index is 10.6. The Kier molecular flexibility index (Phi) is 5.31. The first-order chi connectivity index (χ1) is 13.9. The van der Waals surface area contributed by atoms with Gasteiger partial charge in [0.15, 0.2) is 0 Å². The van der Waals surface area contributed by atoms with Crippen LogP contribution in [0.5, 0.6) is 0 Å². The topological polar surface area (TPSA) is 79.8 Å². The lowest BCUT2D eigenvalue weighted by atomic mass is 9.79. The molecular weight excluding hydrogens is 381 g/mol. The fraction of sp³-hybridized carbons (Fsp3) is 0.682. The predicted octanol–water partition coefficient (Wildman–Crippen LogP) is 3.09. The molecule has 3 heterocycles. The number of aromatic amines is 1. The summed E-state index contributed by atoms with van der Waals surface area (Å²) in [7, 11) is -0.406. The Labute approximate surface area is 179 Å². The number of hydrogen-bond acceptors (Lipinski definition) is 6. The van der Waals surface area contributed by atoms with Gasteiger partial charge in [0.25, 0.3) is 0 Å². The van der Waals surface area contributed by atoms with Gasteiger partial charge in [-0.05, 0) is 78.9 Å². The summed E-state index contributed by atoms with van der Waals surface area (Å²) in [4.78, 5) is 10.2. The van der Waals surface area contributed by atoms with E-state index >= 15 is 0 Å². The second-order valence-electron chi connectivity index (χ2n) is 10.4. The predicted molar refractivity (Wildman–Crippen MR) is 117 cm³/mol. The van der Waals surface area contributed by atoms with E-state index in [-0.39, 0.29) is 17.2 Å². The zero-order valence-electron chi connectivity index (χ0n) is 19.2. The minimum absolute atomic E-state index is 0.00459. The third-order valence-corrected chi connectivity index (χ3v) is 6.40. The number of imidazole rings is 1. The number of benzene rings is 1. The molecule has 0 amide bonds. The third kappa shape index (κ3) is 4.04. The Bertz CT molecular complexity index is 905. The number of ether oxygens (including phenoxy) is 1. The molecule has 2 aliphatic rings. The van der Waals surface area contributed by atoms with Crippen LogP contribution >= 0.6 is 0 Å². The van der Waals surface area contributed by atoms with E-state index < -0.39 is 19.1 Å². The van der Waals surface area contributed by atoms with Gasteiger partial charge in [-0.1, -0.05) is 6.07 Å². The molecule has 164 valence electrons. The van der Waals surface area contributed by atoms with Crippen LogP contribution < -0.4 is 5.46 Å². The number of aliphatic hydroxyl groups excluding tert-OH is 1. The first-order valence-corrected chi connectivity index (χ1v) is 10.8. The first kappa shape index (κ1) is 21.8. The van der Waals surface area contributed by atoms with Gasteiger partial charge in [-0.3, -0.25) is 0 Å². The molecule has 0 saturated carbocycles. The molecule has 2 N–H and O–H groups in total. The maximum Gasteiger partial charge on any atom is 0.494 e. The van der Waals surface area contributed by atoms with Crippen LogP contribution in [0.3, 0.4) is 0 Å². The van der Waals surface area contributed by atoms with Gasteiger partial charge < -0.3 is 24.1 Å². The summed E-state index contributed by atoms with van der Waals surface area (Å²) >= 11 is 0. The van der Waals surface area contributed by atoms with Crippen molar-refractivity contribution in [1.29, 1.82) is 0 Å². The molecule has 4 rings (SSSR count). The Balaban J connectivity index is 1.57. The molecule has 0 spiro atoms. The summed E-state index contributed by atoms with van der Waals surface area (Å²) in [6.45, 7) is 14.8. The van der Waals surface area contributed by atoms with Crippen molar-refractivity contribution in [1.82, 2.24) is 14.9 Å². The van der Waals surface area contributed by atoms with E-state index in [2.05, 4.69) is 38.7 Å². The highest BCUT2D eigenvalue weighted by Crippen LogP contribution is 2.37. The van der Waals surface area contributed by atoms with Gasteiger partial charge in [-0.25, -0.2) is 9.88 Å². The highest BCUT2D eigenvalue weighted by Gasteiger charge is 2.51. The lowest BCUT2D eigenvalue weighted by Gasteiger charge is -2.32. The summed E-state index contributed by atoms with van der Waals surface area (Å²) < 4.78 is 18.2. The van der Waals surface area contributed by atoms with Crippen LogP contribution in [-0.4, -0.2) is 56.9 Å². The zero-order chi connectivity index (χ0) is 21.9. The van der Waals surface area contributed by atoms with E-state index in [4.69, 9.17) is 19.0 Å². The average molecular weight is 415 g/mol. The van der Waals surface area contributed by atoms with Gasteiger partial charge >= 0.3 is 7.12 Å². The number of aliphatic hydroxyl groups is 1. The highest BCUT2D eigenvalue weighted by atomic mass is 16.7. The molecule has 2 unspecified atom stereocenters. The quantitative estimate of drug-likeness (QED) is 0.590. The Morgan fingerprint density at radius 2 is 1.90 bits per heavy atom. The summed E-state index contributed by atoms with van der Waals surface area (Å²) in [5.74, 6) is 0.852. The van der Waals surface area contributed by atoms with Crippen molar-refractivity contribution >= 4 is 23.6 Å². The fourth-order valence-corrected chi connectivity index (χ4v) is 4.06. The molecule has 2 aromatic rings. The van der Waals surface area contributed by atoms with Crippen molar-refractivity contribution in [2.75, 3.05) is 6.54 Å². The van der Waals surface area contributed by atoms with E-state index in [1.807, 2.05) is 37.8 Å². The average Bonchev–Trinajstić information content (AvgIpc) is 3.28. The summed E-state index contributed by atoms with van der Waals surface area (Å²) in [5, 5.41) is 10.6. The number of rotatable bonds is 4. The van der Waals surface area contributed by atoms with Gasteiger partial charge in [0.2, 0.25) is 6.41 Å². The van der Waals surface area contributed by atoms with Crippen molar-refractivity contribution in [2.45, 2.75) is 90.6 Å². The molecule has 2 aliphatic heterocycles. The number of hydrogen-bond donors (Lipinski definition) is 2. The van der Waals surface area contributed by atoms with Gasteiger partial charge in [0, 0.05) is 6.54 Å². The van der Waals surface area contributed by atoms with Gasteiger partial charge in [0.1, 0.15) is 5.82 Å². The van der Waals surface area contributed by atoms with Crippen LogP contribution in [0.2, 0.25) is 0 Å². The van der Waals surface area contributed by atoms with E-state index in [9.17, 15) is 5.11 Å². The molecule has 2 saturated heterocycles. The summed E-state index contributed by atoms with van der Waals surface area (Å²) in [6, 6.07) is 6.06. The molecule has 1 aromatic heterocycles. The van der Waals surface area contributed by atoms with Crippen LogP contribution in [-0.2, 0) is 14.0 Å². The van der Waals surface area contributed by atoms with E-state index in [1.54, 1.807) is 0 Å². The minimum atomic E-state index is -0.953. The van der Waals surface area contributed by atoms with Crippen molar-refractivity contribution in [3.63, 3.8) is 0 Å². The SMILES string of the molecule is CC(C)(C)OC(O)N1CCCC1c1nc2ccc(B3OC(C)(C)C(C)(C)O3)cc2[nH]1. The van der Waals surface area contributed by atoms with Gasteiger partial charge in [-0.2, -0.15) is 0 Å². The standard InChI is InChI=1S/C22H34BN3O4/c1-20(2,3)28-19(27)26-12-8-9-17(26)18-24-15-11-10-14(13-16(15)25-18)23-29-21(4,5)22(6,7)30-23/h10-11,13,17,19,27H,8-9,12H2,1-7H3,(H,24,25). The minimum Gasteiger partial charge on any atom is -0.399 e. The lowest BCUT2D eigenvalue weighted by Crippen LogP contribution is -2.41. The molecule has 30 heavy (non-hydrogen) atoms. The second-order valence-corrected chi connectivity index (χ2v) is 10.4.